The Labute approximate surface area is 93.4 Å². The summed E-state index contributed by atoms with van der Waals surface area (Å²) in [5, 5.41) is 0.000000000000000222. The Bertz CT molecular complexity index is 324. The minimum atomic E-state index is 0.000000000000000222. The Morgan fingerprint density at radius 3 is 2.57 bits per heavy atom. The lowest BCUT2D eigenvalue weighted by molar-refractivity contribution is 1.10. The van der Waals surface area contributed by atoms with E-state index in [2.05, 4.69) is 59.9 Å². The molecule has 0 aliphatic carbocycles. The molecule has 3 nitrogen and oxygen atoms in total. The van der Waals surface area contributed by atoms with Gasteiger partial charge in [0.2, 0.25) is 0 Å². The largest absolute Gasteiger partial charge is 0.377 e. The van der Waals surface area contributed by atoms with Crippen LogP contribution in [0, 0.1) is 0 Å². The smallest absolute Gasteiger partial charge is 0.160 e. The number of hydrogen-bond donors (Lipinski definition) is 2. The van der Waals surface area contributed by atoms with Crippen LogP contribution < -0.4 is 16.4 Å². The summed E-state index contributed by atoms with van der Waals surface area (Å²) in [5.74, 6) is 1.10. The number of benzene rings is 1. The van der Waals surface area contributed by atoms with Gasteiger partial charge in [0.15, 0.2) is 5.11 Å². The molecule has 1 heterocycles. The van der Waals surface area contributed by atoms with Crippen molar-refractivity contribution in [1.82, 2.24) is 0 Å². The second-order valence-electron chi connectivity index (χ2n) is 2.84. The predicted octanol–water partition coefficient (Wildman–Crippen LogP) is 1.37. The first-order chi connectivity index (χ1) is 6.61. The standard InChI is InChI=1S/C8H9NS.CH4N2S/c1-9-6-10-8-5-3-2-4-7(8)9;2-1(3)4/h2-5H,6H2,1H3;(H4,2,3,4). The van der Waals surface area contributed by atoms with E-state index in [1.165, 1.54) is 10.6 Å². The van der Waals surface area contributed by atoms with Crippen molar-refractivity contribution in [2.24, 2.45) is 11.5 Å². The van der Waals surface area contributed by atoms with Crippen LogP contribution in [0.15, 0.2) is 29.2 Å². The van der Waals surface area contributed by atoms with Gasteiger partial charge in [-0.1, -0.05) is 12.1 Å². The summed E-state index contributed by atoms with van der Waals surface area (Å²) in [7, 11) is 2.12. The monoisotopic (exact) mass is 227 g/mol. The SMILES string of the molecule is CN1CSc2ccccc21.NC(N)=S. The molecule has 0 bridgehead atoms. The van der Waals surface area contributed by atoms with Crippen LogP contribution in [-0.4, -0.2) is 18.0 Å². The van der Waals surface area contributed by atoms with Crippen molar-refractivity contribution >= 4 is 34.8 Å². The van der Waals surface area contributed by atoms with Crippen molar-refractivity contribution < 1.29 is 0 Å². The highest BCUT2D eigenvalue weighted by molar-refractivity contribution is 7.99. The number of thiocarbonyl (C=S) groups is 1. The minimum absolute atomic E-state index is 0.000000000000000222. The first-order valence-electron chi connectivity index (χ1n) is 4.09. The molecular formula is C9H13N3S2. The van der Waals surface area contributed by atoms with Crippen LogP contribution in [0.4, 0.5) is 5.69 Å². The lowest BCUT2D eigenvalue weighted by Gasteiger charge is -2.08. The molecule has 5 heteroatoms. The van der Waals surface area contributed by atoms with E-state index in [4.69, 9.17) is 0 Å². The van der Waals surface area contributed by atoms with Gasteiger partial charge >= 0.3 is 0 Å². The summed E-state index contributed by atoms with van der Waals surface area (Å²) < 4.78 is 0. The molecule has 1 aliphatic heterocycles. The molecule has 0 atom stereocenters. The van der Waals surface area contributed by atoms with Crippen molar-refractivity contribution in [3.63, 3.8) is 0 Å². The molecule has 1 aliphatic rings. The van der Waals surface area contributed by atoms with Crippen LogP contribution in [0.2, 0.25) is 0 Å². The van der Waals surface area contributed by atoms with Gasteiger partial charge in [-0.05, 0) is 24.4 Å². The number of hydrogen-bond acceptors (Lipinski definition) is 3. The second-order valence-corrected chi connectivity index (χ2v) is 4.30. The third-order valence-corrected chi connectivity index (χ3v) is 2.86. The second kappa shape index (κ2) is 5.07. The van der Waals surface area contributed by atoms with Crippen LogP contribution in [-0.2, 0) is 0 Å². The van der Waals surface area contributed by atoms with Gasteiger partial charge in [0.1, 0.15) is 0 Å². The van der Waals surface area contributed by atoms with Crippen molar-refractivity contribution in [1.29, 1.82) is 0 Å². The quantitative estimate of drug-likeness (QED) is 0.656. The van der Waals surface area contributed by atoms with Crippen LogP contribution in [0.25, 0.3) is 0 Å². The van der Waals surface area contributed by atoms with Crippen LogP contribution in [0.3, 0.4) is 0 Å². The number of anilines is 1. The molecule has 2 rings (SSSR count). The summed E-state index contributed by atoms with van der Waals surface area (Å²) in [6, 6.07) is 8.50. The van der Waals surface area contributed by atoms with Crippen LogP contribution >= 0.6 is 24.0 Å². The Hall–Kier alpha value is -0.940. The van der Waals surface area contributed by atoms with Crippen molar-refractivity contribution in [2.45, 2.75) is 4.90 Å². The van der Waals surface area contributed by atoms with Gasteiger partial charge in [-0.15, -0.1) is 11.8 Å². The molecule has 14 heavy (non-hydrogen) atoms. The fraction of sp³-hybridized carbons (Fsp3) is 0.222. The van der Waals surface area contributed by atoms with Gasteiger partial charge < -0.3 is 16.4 Å². The zero-order chi connectivity index (χ0) is 10.6. The average Bonchev–Trinajstić information content (AvgIpc) is 2.48. The van der Waals surface area contributed by atoms with E-state index in [9.17, 15) is 0 Å². The van der Waals surface area contributed by atoms with E-state index < -0.39 is 0 Å². The van der Waals surface area contributed by atoms with Crippen LogP contribution in [0.5, 0.6) is 0 Å². The van der Waals surface area contributed by atoms with E-state index in [0.29, 0.717) is 0 Å². The van der Waals surface area contributed by atoms with E-state index >= 15 is 0 Å². The Morgan fingerprint density at radius 2 is 2.00 bits per heavy atom. The molecule has 0 saturated carbocycles. The Kier molecular flexibility index (Phi) is 4.03. The highest BCUT2D eigenvalue weighted by atomic mass is 32.2. The van der Waals surface area contributed by atoms with E-state index in [1.54, 1.807) is 0 Å². The van der Waals surface area contributed by atoms with Gasteiger partial charge in [-0.3, -0.25) is 0 Å². The van der Waals surface area contributed by atoms with Crippen LogP contribution in [0.1, 0.15) is 0 Å². The lowest BCUT2D eigenvalue weighted by Crippen LogP contribution is -2.18. The normalized spacial score (nSPS) is 12.8. The van der Waals surface area contributed by atoms with Gasteiger partial charge in [0.25, 0.3) is 0 Å². The maximum atomic E-state index is 4.62. The predicted molar refractivity (Wildman–Crippen MR) is 66.5 cm³/mol. The molecule has 0 saturated heterocycles. The molecule has 76 valence electrons. The number of rotatable bonds is 0. The van der Waals surface area contributed by atoms with E-state index in [1.807, 2.05) is 11.8 Å². The fourth-order valence-electron chi connectivity index (χ4n) is 1.13. The van der Waals surface area contributed by atoms with Gasteiger partial charge in [-0.25, -0.2) is 0 Å². The fourth-order valence-corrected chi connectivity index (χ4v) is 2.15. The topological polar surface area (TPSA) is 55.3 Å². The highest BCUT2D eigenvalue weighted by Gasteiger charge is 2.13. The summed E-state index contributed by atoms with van der Waals surface area (Å²) in [6.07, 6.45) is 0. The third-order valence-electron chi connectivity index (χ3n) is 1.69. The Morgan fingerprint density at radius 1 is 1.43 bits per heavy atom. The summed E-state index contributed by atoms with van der Waals surface area (Å²) in [5.41, 5.74) is 10.6. The zero-order valence-corrected chi connectivity index (χ0v) is 9.57. The molecule has 0 spiro atoms. The molecule has 1 aromatic rings. The van der Waals surface area contributed by atoms with Crippen molar-refractivity contribution in [3.05, 3.63) is 24.3 Å². The summed E-state index contributed by atoms with van der Waals surface area (Å²) >= 11 is 5.99. The van der Waals surface area contributed by atoms with E-state index in [0.717, 1.165) is 5.88 Å². The zero-order valence-electron chi connectivity index (χ0n) is 7.93. The molecule has 0 fully saturated rings. The third kappa shape index (κ3) is 3.08. The minimum Gasteiger partial charge on any atom is -0.377 e. The molecule has 0 aromatic heterocycles. The van der Waals surface area contributed by atoms with Crippen molar-refractivity contribution in [3.8, 4) is 0 Å². The molecule has 4 N–H and O–H groups in total. The maximum Gasteiger partial charge on any atom is 0.160 e. The summed E-state index contributed by atoms with van der Waals surface area (Å²) in [6.45, 7) is 0. The Balaban J connectivity index is 0.000000213. The molecule has 0 radical (unpaired) electrons. The highest BCUT2D eigenvalue weighted by Crippen LogP contribution is 2.36. The number of thioether (sulfide) groups is 1. The molecule has 0 amide bonds. The number of para-hydroxylation sites is 1. The summed E-state index contributed by atoms with van der Waals surface area (Å²) in [4.78, 5) is 3.67. The van der Waals surface area contributed by atoms with Gasteiger partial charge in [0.05, 0.1) is 11.6 Å². The number of nitrogens with two attached hydrogens (primary N) is 2. The van der Waals surface area contributed by atoms with E-state index in [-0.39, 0.29) is 5.11 Å². The first kappa shape index (κ1) is 11.1. The number of nitrogens with zero attached hydrogens (tertiary/aromatic N) is 1. The maximum absolute atomic E-state index is 4.62. The lowest BCUT2D eigenvalue weighted by atomic mass is 10.3. The van der Waals surface area contributed by atoms with Gasteiger partial charge in [-0.2, -0.15) is 0 Å². The molecular weight excluding hydrogens is 214 g/mol. The van der Waals surface area contributed by atoms with Gasteiger partial charge in [0, 0.05) is 11.9 Å². The first-order valence-corrected chi connectivity index (χ1v) is 5.48. The molecule has 1 aromatic carbocycles. The average molecular weight is 227 g/mol. The molecule has 0 unspecified atom stereocenters. The number of fused-ring (bicyclic) bond motifs is 1. The van der Waals surface area contributed by atoms with Crippen molar-refractivity contribution in [2.75, 3.05) is 17.8 Å².